The van der Waals surface area contributed by atoms with Gasteiger partial charge in [0, 0.05) is 12.6 Å². The molecule has 0 amide bonds. The number of aliphatic hydroxyl groups excluding tert-OH is 1. The Balaban J connectivity index is 2.58. The van der Waals surface area contributed by atoms with Crippen LogP contribution in [0.1, 0.15) is 44.9 Å². The summed E-state index contributed by atoms with van der Waals surface area (Å²) in [5, 5.41) is 12.3. The average molecular weight is 299 g/mol. The van der Waals surface area contributed by atoms with Gasteiger partial charge in [0.15, 0.2) is 9.84 Å². The standard InChI is InChI=1S/C15H25NO3S/c1-12(14-7-5-6-13(10-14)11-17)16-8-9-20(18,19)15(2,3)4/h5-7,10,12,16-17H,8-9,11H2,1-4H3. The molecule has 0 aliphatic rings. The molecule has 1 aromatic carbocycles. The van der Waals surface area contributed by atoms with Gasteiger partial charge in [-0.15, -0.1) is 0 Å². The summed E-state index contributed by atoms with van der Waals surface area (Å²) in [5.74, 6) is 0.126. The summed E-state index contributed by atoms with van der Waals surface area (Å²) in [6.45, 7) is 7.58. The fourth-order valence-electron chi connectivity index (χ4n) is 1.79. The smallest absolute Gasteiger partial charge is 0.156 e. The first-order valence-electron chi connectivity index (χ1n) is 6.83. The van der Waals surface area contributed by atoms with E-state index in [0.29, 0.717) is 6.54 Å². The van der Waals surface area contributed by atoms with E-state index in [4.69, 9.17) is 5.11 Å². The van der Waals surface area contributed by atoms with Crippen LogP contribution in [-0.4, -0.2) is 30.6 Å². The molecule has 0 aliphatic heterocycles. The second kappa shape index (κ2) is 6.70. The third-order valence-corrected chi connectivity index (χ3v) is 6.00. The van der Waals surface area contributed by atoms with Crippen LogP contribution >= 0.6 is 0 Å². The summed E-state index contributed by atoms with van der Waals surface area (Å²) in [7, 11) is -3.09. The van der Waals surface area contributed by atoms with E-state index in [0.717, 1.165) is 11.1 Å². The Morgan fingerprint density at radius 2 is 1.95 bits per heavy atom. The summed E-state index contributed by atoms with van der Waals surface area (Å²) in [6.07, 6.45) is 0. The Morgan fingerprint density at radius 3 is 2.50 bits per heavy atom. The minimum Gasteiger partial charge on any atom is -0.392 e. The second-order valence-corrected chi connectivity index (χ2v) is 8.87. The summed E-state index contributed by atoms with van der Waals surface area (Å²) in [4.78, 5) is 0. The number of rotatable bonds is 6. The van der Waals surface area contributed by atoms with Crippen molar-refractivity contribution < 1.29 is 13.5 Å². The molecule has 1 atom stereocenters. The molecule has 0 bridgehead atoms. The number of sulfone groups is 1. The second-order valence-electron chi connectivity index (χ2n) is 6.01. The van der Waals surface area contributed by atoms with Gasteiger partial charge in [0.25, 0.3) is 0 Å². The molecule has 1 aromatic rings. The van der Waals surface area contributed by atoms with Gasteiger partial charge in [0.2, 0.25) is 0 Å². The molecule has 20 heavy (non-hydrogen) atoms. The lowest BCUT2D eigenvalue weighted by Crippen LogP contribution is -2.35. The van der Waals surface area contributed by atoms with E-state index in [-0.39, 0.29) is 18.4 Å². The van der Waals surface area contributed by atoms with Crippen LogP contribution in [0.4, 0.5) is 0 Å². The third-order valence-electron chi connectivity index (χ3n) is 3.39. The Hall–Kier alpha value is -0.910. The lowest BCUT2D eigenvalue weighted by atomic mass is 10.1. The van der Waals surface area contributed by atoms with Crippen molar-refractivity contribution in [2.45, 2.75) is 45.1 Å². The van der Waals surface area contributed by atoms with Gasteiger partial charge < -0.3 is 10.4 Å². The first-order valence-corrected chi connectivity index (χ1v) is 8.48. The fourth-order valence-corrected chi connectivity index (χ4v) is 2.79. The van der Waals surface area contributed by atoms with Crippen molar-refractivity contribution in [2.75, 3.05) is 12.3 Å². The molecule has 0 aliphatic carbocycles. The SMILES string of the molecule is CC(NCCS(=O)(=O)C(C)(C)C)c1cccc(CO)c1. The monoisotopic (exact) mass is 299 g/mol. The molecule has 0 fully saturated rings. The van der Waals surface area contributed by atoms with E-state index in [1.54, 1.807) is 20.8 Å². The Bertz CT molecular complexity index is 532. The topological polar surface area (TPSA) is 66.4 Å². The van der Waals surface area contributed by atoms with Crippen molar-refractivity contribution >= 4 is 9.84 Å². The zero-order chi connectivity index (χ0) is 15.4. The maximum absolute atomic E-state index is 12.0. The molecule has 0 radical (unpaired) electrons. The molecule has 114 valence electrons. The van der Waals surface area contributed by atoms with Crippen molar-refractivity contribution in [2.24, 2.45) is 0 Å². The van der Waals surface area contributed by atoms with Crippen LogP contribution < -0.4 is 5.32 Å². The van der Waals surface area contributed by atoms with Crippen LogP contribution in [0.2, 0.25) is 0 Å². The van der Waals surface area contributed by atoms with E-state index >= 15 is 0 Å². The zero-order valence-electron chi connectivity index (χ0n) is 12.7. The average Bonchev–Trinajstić information content (AvgIpc) is 2.37. The predicted octanol–water partition coefficient (Wildman–Crippen LogP) is 2.04. The van der Waals surface area contributed by atoms with Crippen LogP contribution in [0.15, 0.2) is 24.3 Å². The fraction of sp³-hybridized carbons (Fsp3) is 0.600. The quantitative estimate of drug-likeness (QED) is 0.843. The van der Waals surface area contributed by atoms with Crippen molar-refractivity contribution in [1.29, 1.82) is 0 Å². The third kappa shape index (κ3) is 4.58. The van der Waals surface area contributed by atoms with E-state index in [2.05, 4.69) is 5.32 Å². The molecule has 2 N–H and O–H groups in total. The zero-order valence-corrected chi connectivity index (χ0v) is 13.5. The number of aliphatic hydroxyl groups is 1. The van der Waals surface area contributed by atoms with Crippen LogP contribution in [-0.2, 0) is 16.4 Å². The minimum absolute atomic E-state index is 0.0129. The Morgan fingerprint density at radius 1 is 1.30 bits per heavy atom. The maximum Gasteiger partial charge on any atom is 0.156 e. The minimum atomic E-state index is -3.09. The lowest BCUT2D eigenvalue weighted by molar-refractivity contribution is 0.281. The summed E-state index contributed by atoms with van der Waals surface area (Å²) >= 11 is 0. The van der Waals surface area contributed by atoms with Gasteiger partial charge in [-0.3, -0.25) is 0 Å². The van der Waals surface area contributed by atoms with Crippen LogP contribution in [0.5, 0.6) is 0 Å². The predicted molar refractivity (Wildman–Crippen MR) is 82.3 cm³/mol. The van der Waals surface area contributed by atoms with Crippen molar-refractivity contribution in [1.82, 2.24) is 5.32 Å². The molecule has 1 rings (SSSR count). The molecule has 0 spiro atoms. The van der Waals surface area contributed by atoms with Gasteiger partial charge in [-0.05, 0) is 38.8 Å². The normalized spacial score (nSPS) is 14.2. The number of nitrogens with one attached hydrogen (secondary N) is 1. The highest BCUT2D eigenvalue weighted by atomic mass is 32.2. The molecular weight excluding hydrogens is 274 g/mol. The van der Waals surface area contributed by atoms with E-state index in [1.165, 1.54) is 0 Å². The summed E-state index contributed by atoms with van der Waals surface area (Å²) in [6, 6.07) is 7.70. The van der Waals surface area contributed by atoms with Crippen molar-refractivity contribution in [3.8, 4) is 0 Å². The highest BCUT2D eigenvalue weighted by Gasteiger charge is 2.28. The van der Waals surface area contributed by atoms with E-state index in [9.17, 15) is 8.42 Å². The highest BCUT2D eigenvalue weighted by Crippen LogP contribution is 2.17. The highest BCUT2D eigenvalue weighted by molar-refractivity contribution is 7.92. The maximum atomic E-state index is 12.0. The first-order chi connectivity index (χ1) is 9.17. The molecular formula is C15H25NO3S. The van der Waals surface area contributed by atoms with Crippen LogP contribution in [0.25, 0.3) is 0 Å². The van der Waals surface area contributed by atoms with Gasteiger partial charge in [-0.25, -0.2) is 8.42 Å². The van der Waals surface area contributed by atoms with Crippen molar-refractivity contribution in [3.63, 3.8) is 0 Å². The van der Waals surface area contributed by atoms with Gasteiger partial charge in [-0.2, -0.15) is 0 Å². The lowest BCUT2D eigenvalue weighted by Gasteiger charge is -2.20. The molecule has 0 saturated carbocycles. The Labute approximate surface area is 122 Å². The number of benzene rings is 1. The largest absolute Gasteiger partial charge is 0.392 e. The number of hydrogen-bond donors (Lipinski definition) is 2. The molecule has 1 unspecified atom stereocenters. The van der Waals surface area contributed by atoms with Crippen LogP contribution in [0, 0.1) is 0 Å². The van der Waals surface area contributed by atoms with Gasteiger partial charge >= 0.3 is 0 Å². The summed E-state index contributed by atoms with van der Waals surface area (Å²) < 4.78 is 23.3. The molecule has 0 heterocycles. The van der Waals surface area contributed by atoms with Gasteiger partial charge in [-0.1, -0.05) is 24.3 Å². The van der Waals surface area contributed by atoms with E-state index < -0.39 is 14.6 Å². The van der Waals surface area contributed by atoms with Gasteiger partial charge in [0.05, 0.1) is 17.1 Å². The van der Waals surface area contributed by atoms with E-state index in [1.807, 2.05) is 31.2 Å². The summed E-state index contributed by atoms with van der Waals surface area (Å²) in [5.41, 5.74) is 1.91. The molecule has 5 heteroatoms. The molecule has 0 saturated heterocycles. The van der Waals surface area contributed by atoms with Crippen LogP contribution in [0.3, 0.4) is 0 Å². The van der Waals surface area contributed by atoms with Gasteiger partial charge in [0.1, 0.15) is 0 Å². The molecule has 0 aromatic heterocycles. The Kier molecular flexibility index (Phi) is 5.74. The first kappa shape index (κ1) is 17.1. The van der Waals surface area contributed by atoms with Crippen molar-refractivity contribution in [3.05, 3.63) is 35.4 Å². The number of hydrogen-bond acceptors (Lipinski definition) is 4. The molecule has 4 nitrogen and oxygen atoms in total.